The molecule has 0 saturated carbocycles. The lowest BCUT2D eigenvalue weighted by atomic mass is 9.89. The summed E-state index contributed by atoms with van der Waals surface area (Å²) in [4.78, 5) is 0. The second-order valence-electron chi connectivity index (χ2n) is 4.62. The molecule has 2 N–H and O–H groups in total. The summed E-state index contributed by atoms with van der Waals surface area (Å²) in [5.74, 6) is 0. The molecule has 1 aromatic rings. The molecule has 98 valence electrons. The molecule has 0 aliphatic heterocycles. The van der Waals surface area contributed by atoms with Crippen molar-refractivity contribution in [3.63, 3.8) is 0 Å². The molecule has 0 radical (unpaired) electrons. The van der Waals surface area contributed by atoms with Crippen LogP contribution in [0, 0.1) is 0 Å². The Labute approximate surface area is 113 Å². The summed E-state index contributed by atoms with van der Waals surface area (Å²) >= 11 is 3.68. The molecule has 0 amide bonds. The second kappa shape index (κ2) is 6.01. The van der Waals surface area contributed by atoms with Crippen LogP contribution in [0.5, 0.6) is 0 Å². The van der Waals surface area contributed by atoms with Crippen molar-refractivity contribution in [2.45, 2.75) is 65.5 Å². The molecule has 0 fully saturated rings. The first-order valence-corrected chi connectivity index (χ1v) is 7.33. The van der Waals surface area contributed by atoms with Gasteiger partial charge in [0.25, 0.3) is 0 Å². The quantitative estimate of drug-likeness (QED) is 0.876. The highest BCUT2D eigenvalue weighted by Crippen LogP contribution is 2.27. The minimum atomic E-state index is -0.111. The largest absolute Gasteiger partial charge is 0.325 e. The van der Waals surface area contributed by atoms with Gasteiger partial charge in [0.1, 0.15) is 0 Å². The van der Waals surface area contributed by atoms with Gasteiger partial charge in [-0.2, -0.15) is 5.10 Å². The summed E-state index contributed by atoms with van der Waals surface area (Å²) < 4.78 is 3.23. The van der Waals surface area contributed by atoms with Crippen LogP contribution in [0.1, 0.15) is 51.9 Å². The van der Waals surface area contributed by atoms with E-state index in [2.05, 4.69) is 53.4 Å². The lowest BCUT2D eigenvalue weighted by Crippen LogP contribution is -2.41. The molecule has 0 unspecified atom stereocenters. The fourth-order valence-electron chi connectivity index (χ4n) is 2.02. The lowest BCUT2D eigenvalue weighted by Gasteiger charge is -2.27. The van der Waals surface area contributed by atoms with E-state index in [9.17, 15) is 0 Å². The normalized spacial score (nSPS) is 12.1. The molecule has 3 nitrogen and oxygen atoms in total. The molecular weight excluding hydrogens is 278 g/mol. The number of nitrogens with zero attached hydrogens (tertiary/aromatic N) is 2. The summed E-state index contributed by atoms with van der Waals surface area (Å²) in [6, 6.07) is 0. The molecule has 0 atom stereocenters. The number of nitrogens with two attached hydrogens (primary N) is 1. The predicted molar refractivity (Wildman–Crippen MR) is 76.2 cm³/mol. The van der Waals surface area contributed by atoms with E-state index in [-0.39, 0.29) is 5.54 Å². The van der Waals surface area contributed by atoms with Gasteiger partial charge in [0.05, 0.1) is 15.9 Å². The zero-order chi connectivity index (χ0) is 13.1. The molecule has 1 heterocycles. The standard InChI is InChI=1S/C13H24BrN3/c1-5-10-12(14)11(17(8-4)16-10)9-13(15,6-2)7-3/h5-9,15H2,1-4H3. The van der Waals surface area contributed by atoms with Crippen LogP contribution < -0.4 is 5.73 Å². The number of hydrogen-bond donors (Lipinski definition) is 1. The Morgan fingerprint density at radius 3 is 2.24 bits per heavy atom. The smallest absolute Gasteiger partial charge is 0.0766 e. The van der Waals surface area contributed by atoms with Gasteiger partial charge in [0, 0.05) is 18.5 Å². The van der Waals surface area contributed by atoms with Crippen molar-refractivity contribution in [1.82, 2.24) is 9.78 Å². The van der Waals surface area contributed by atoms with Crippen molar-refractivity contribution in [1.29, 1.82) is 0 Å². The highest BCUT2D eigenvalue weighted by molar-refractivity contribution is 9.10. The average molecular weight is 302 g/mol. The first-order chi connectivity index (χ1) is 8.01. The van der Waals surface area contributed by atoms with Crippen molar-refractivity contribution in [2.24, 2.45) is 5.73 Å². The van der Waals surface area contributed by atoms with Gasteiger partial charge in [0.15, 0.2) is 0 Å². The van der Waals surface area contributed by atoms with E-state index in [4.69, 9.17) is 5.73 Å². The van der Waals surface area contributed by atoms with Crippen LogP contribution in [-0.4, -0.2) is 15.3 Å². The monoisotopic (exact) mass is 301 g/mol. The van der Waals surface area contributed by atoms with Gasteiger partial charge in [0.2, 0.25) is 0 Å². The van der Waals surface area contributed by atoms with E-state index >= 15 is 0 Å². The predicted octanol–water partition coefficient (Wildman–Crippen LogP) is 3.29. The topological polar surface area (TPSA) is 43.8 Å². The molecule has 0 aliphatic rings. The molecule has 0 saturated heterocycles. The Morgan fingerprint density at radius 1 is 1.24 bits per heavy atom. The molecule has 0 aliphatic carbocycles. The minimum Gasteiger partial charge on any atom is -0.325 e. The van der Waals surface area contributed by atoms with Gasteiger partial charge in [-0.1, -0.05) is 20.8 Å². The summed E-state index contributed by atoms with van der Waals surface area (Å²) in [5, 5.41) is 4.61. The maximum Gasteiger partial charge on any atom is 0.0766 e. The number of halogens is 1. The first-order valence-electron chi connectivity index (χ1n) is 6.54. The fraction of sp³-hybridized carbons (Fsp3) is 0.769. The molecule has 4 heteroatoms. The van der Waals surface area contributed by atoms with Gasteiger partial charge < -0.3 is 5.73 Å². The summed E-state index contributed by atoms with van der Waals surface area (Å²) in [5.41, 5.74) is 8.68. The Kier molecular flexibility index (Phi) is 5.20. The third-order valence-corrected chi connectivity index (χ3v) is 4.54. The summed E-state index contributed by atoms with van der Waals surface area (Å²) in [6.45, 7) is 9.47. The fourth-order valence-corrected chi connectivity index (χ4v) is 2.72. The number of aryl methyl sites for hydroxylation is 2. The minimum absolute atomic E-state index is 0.111. The Morgan fingerprint density at radius 2 is 1.82 bits per heavy atom. The van der Waals surface area contributed by atoms with E-state index in [1.165, 1.54) is 5.69 Å². The average Bonchev–Trinajstić information content (AvgIpc) is 2.66. The second-order valence-corrected chi connectivity index (χ2v) is 5.42. The van der Waals surface area contributed by atoms with E-state index < -0.39 is 0 Å². The summed E-state index contributed by atoms with van der Waals surface area (Å²) in [7, 11) is 0. The van der Waals surface area contributed by atoms with Gasteiger partial charge >= 0.3 is 0 Å². The zero-order valence-corrected chi connectivity index (χ0v) is 13.0. The first kappa shape index (κ1) is 14.7. The van der Waals surface area contributed by atoms with Gasteiger partial charge in [-0.25, -0.2) is 0 Å². The van der Waals surface area contributed by atoms with Crippen LogP contribution in [0.2, 0.25) is 0 Å². The highest BCUT2D eigenvalue weighted by Gasteiger charge is 2.25. The van der Waals surface area contributed by atoms with Crippen molar-refractivity contribution in [2.75, 3.05) is 0 Å². The van der Waals surface area contributed by atoms with Crippen LogP contribution in [0.15, 0.2) is 4.47 Å². The van der Waals surface area contributed by atoms with Crippen molar-refractivity contribution < 1.29 is 0 Å². The van der Waals surface area contributed by atoms with Crippen LogP contribution in [-0.2, 0) is 19.4 Å². The molecule has 1 rings (SSSR count). The van der Waals surface area contributed by atoms with Crippen molar-refractivity contribution >= 4 is 15.9 Å². The van der Waals surface area contributed by atoms with Crippen LogP contribution in [0.25, 0.3) is 0 Å². The Balaban J connectivity index is 3.08. The van der Waals surface area contributed by atoms with E-state index in [1.54, 1.807) is 0 Å². The Bertz CT molecular complexity index is 367. The lowest BCUT2D eigenvalue weighted by molar-refractivity contribution is 0.380. The SMILES string of the molecule is CCc1nn(CC)c(CC(N)(CC)CC)c1Br. The molecule has 17 heavy (non-hydrogen) atoms. The number of rotatable bonds is 6. The van der Waals surface area contributed by atoms with E-state index in [1.807, 2.05) is 0 Å². The van der Waals surface area contributed by atoms with Crippen LogP contribution in [0.4, 0.5) is 0 Å². The van der Waals surface area contributed by atoms with Crippen LogP contribution >= 0.6 is 15.9 Å². The molecule has 1 aromatic heterocycles. The highest BCUT2D eigenvalue weighted by atomic mass is 79.9. The van der Waals surface area contributed by atoms with Gasteiger partial charge in [-0.3, -0.25) is 4.68 Å². The molecule has 0 spiro atoms. The third kappa shape index (κ3) is 3.10. The van der Waals surface area contributed by atoms with Gasteiger partial charge in [-0.15, -0.1) is 0 Å². The van der Waals surface area contributed by atoms with Crippen LogP contribution in [0.3, 0.4) is 0 Å². The maximum atomic E-state index is 6.41. The summed E-state index contributed by atoms with van der Waals surface area (Å²) in [6.07, 6.45) is 3.83. The van der Waals surface area contributed by atoms with E-state index in [0.717, 1.165) is 42.4 Å². The number of aromatic nitrogens is 2. The van der Waals surface area contributed by atoms with Crippen molar-refractivity contribution in [3.05, 3.63) is 15.9 Å². The molecular formula is C13H24BrN3. The molecule has 0 aromatic carbocycles. The zero-order valence-electron chi connectivity index (χ0n) is 11.4. The Hall–Kier alpha value is -0.350. The van der Waals surface area contributed by atoms with Crippen molar-refractivity contribution in [3.8, 4) is 0 Å². The number of hydrogen-bond acceptors (Lipinski definition) is 2. The van der Waals surface area contributed by atoms with Gasteiger partial charge in [-0.05, 0) is 42.1 Å². The van der Waals surface area contributed by atoms with E-state index in [0.29, 0.717) is 0 Å². The maximum absolute atomic E-state index is 6.41. The molecule has 0 bridgehead atoms. The third-order valence-electron chi connectivity index (χ3n) is 3.62.